The molecule has 1 aliphatic rings. The Labute approximate surface area is 206 Å². The molecular formula is C27H23N3O4S. The third kappa shape index (κ3) is 3.95. The molecule has 1 unspecified atom stereocenters. The molecule has 176 valence electrons. The zero-order valence-electron chi connectivity index (χ0n) is 19.5. The SMILES string of the molecule is CCOc1cccc(C2/C(=C(\O)c3ccncc3)C(=O)C(=O)N2c2nc3c(C)cc(C)cc3s2)c1. The number of nitrogens with zero attached hydrogens (tertiary/aromatic N) is 3. The van der Waals surface area contributed by atoms with E-state index < -0.39 is 17.7 Å². The average Bonchev–Trinajstić information content (AvgIpc) is 3.38. The fourth-order valence-electron chi connectivity index (χ4n) is 4.41. The minimum atomic E-state index is -0.870. The number of amides is 1. The third-order valence-corrected chi connectivity index (χ3v) is 6.91. The van der Waals surface area contributed by atoms with Crippen LogP contribution in [0.2, 0.25) is 0 Å². The molecule has 1 N–H and O–H groups in total. The van der Waals surface area contributed by atoms with E-state index in [-0.39, 0.29) is 11.3 Å². The maximum absolute atomic E-state index is 13.4. The van der Waals surface area contributed by atoms with Gasteiger partial charge in [0.2, 0.25) is 0 Å². The molecule has 1 fully saturated rings. The molecule has 4 aromatic rings. The summed E-state index contributed by atoms with van der Waals surface area (Å²) in [6, 6.07) is 13.6. The molecule has 1 atom stereocenters. The van der Waals surface area contributed by atoms with Crippen LogP contribution in [-0.4, -0.2) is 33.4 Å². The number of anilines is 1. The number of ketones is 1. The van der Waals surface area contributed by atoms with Crippen molar-refractivity contribution in [2.24, 2.45) is 0 Å². The van der Waals surface area contributed by atoms with Gasteiger partial charge in [0.05, 0.1) is 28.4 Å². The molecule has 0 spiro atoms. The third-order valence-electron chi connectivity index (χ3n) is 5.91. The van der Waals surface area contributed by atoms with Crippen molar-refractivity contribution in [1.82, 2.24) is 9.97 Å². The number of ether oxygens (including phenoxy) is 1. The van der Waals surface area contributed by atoms with Crippen LogP contribution < -0.4 is 9.64 Å². The second-order valence-electron chi connectivity index (χ2n) is 8.34. The van der Waals surface area contributed by atoms with Crippen LogP contribution in [0.25, 0.3) is 16.0 Å². The first-order valence-corrected chi connectivity index (χ1v) is 12.0. The quantitative estimate of drug-likeness (QED) is 0.233. The maximum Gasteiger partial charge on any atom is 0.301 e. The highest BCUT2D eigenvalue weighted by Gasteiger charge is 2.48. The van der Waals surface area contributed by atoms with Crippen molar-refractivity contribution in [3.63, 3.8) is 0 Å². The summed E-state index contributed by atoms with van der Waals surface area (Å²) in [4.78, 5) is 36.9. The number of carbonyl (C=O) groups is 2. The van der Waals surface area contributed by atoms with Gasteiger partial charge in [-0.25, -0.2) is 4.98 Å². The van der Waals surface area contributed by atoms with Crippen LogP contribution in [0.4, 0.5) is 5.13 Å². The molecule has 0 radical (unpaired) electrons. The molecule has 8 heteroatoms. The van der Waals surface area contributed by atoms with Crippen LogP contribution in [-0.2, 0) is 9.59 Å². The maximum atomic E-state index is 13.4. The van der Waals surface area contributed by atoms with Crippen LogP contribution in [0.3, 0.4) is 0 Å². The Morgan fingerprint density at radius 3 is 2.63 bits per heavy atom. The Hall–Kier alpha value is -4.04. The van der Waals surface area contributed by atoms with E-state index in [9.17, 15) is 14.7 Å². The number of rotatable bonds is 5. The number of hydrogen-bond acceptors (Lipinski definition) is 7. The Morgan fingerprint density at radius 2 is 1.89 bits per heavy atom. The molecule has 1 aliphatic heterocycles. The largest absolute Gasteiger partial charge is 0.507 e. The van der Waals surface area contributed by atoms with Gasteiger partial charge in [0.25, 0.3) is 5.78 Å². The van der Waals surface area contributed by atoms with Gasteiger partial charge in [-0.1, -0.05) is 29.5 Å². The van der Waals surface area contributed by atoms with E-state index in [1.54, 1.807) is 24.3 Å². The summed E-state index contributed by atoms with van der Waals surface area (Å²) >= 11 is 1.35. The van der Waals surface area contributed by atoms with E-state index >= 15 is 0 Å². The number of Topliss-reactive ketones (excluding diaryl/α,β-unsaturated/α-hetero) is 1. The molecule has 35 heavy (non-hydrogen) atoms. The summed E-state index contributed by atoms with van der Waals surface area (Å²) < 4.78 is 6.60. The van der Waals surface area contributed by atoms with Crippen LogP contribution in [0, 0.1) is 13.8 Å². The Morgan fingerprint density at radius 1 is 1.11 bits per heavy atom. The monoisotopic (exact) mass is 485 g/mol. The number of fused-ring (bicyclic) bond motifs is 1. The van der Waals surface area contributed by atoms with Crippen LogP contribution in [0.5, 0.6) is 5.75 Å². The Kier molecular flexibility index (Phi) is 5.82. The molecule has 1 saturated heterocycles. The van der Waals surface area contributed by atoms with Crippen molar-refractivity contribution in [3.05, 3.63) is 88.8 Å². The molecule has 0 saturated carbocycles. The molecule has 7 nitrogen and oxygen atoms in total. The van der Waals surface area contributed by atoms with Gasteiger partial charge in [-0.3, -0.25) is 19.5 Å². The van der Waals surface area contributed by atoms with Crippen molar-refractivity contribution in [3.8, 4) is 5.75 Å². The van der Waals surface area contributed by atoms with Crippen LogP contribution in [0.15, 0.2) is 66.5 Å². The van der Waals surface area contributed by atoms with E-state index in [0.29, 0.717) is 28.6 Å². The van der Waals surface area contributed by atoms with Gasteiger partial charge in [0.15, 0.2) is 5.13 Å². The Bertz CT molecular complexity index is 1490. The van der Waals surface area contributed by atoms with Crippen molar-refractivity contribution < 1.29 is 19.4 Å². The van der Waals surface area contributed by atoms with E-state index in [1.165, 1.54) is 28.6 Å². The van der Waals surface area contributed by atoms with Gasteiger partial charge in [0, 0.05) is 18.0 Å². The molecular weight excluding hydrogens is 462 g/mol. The first kappa shape index (κ1) is 22.7. The zero-order chi connectivity index (χ0) is 24.7. The van der Waals surface area contributed by atoms with Gasteiger partial charge >= 0.3 is 5.91 Å². The lowest BCUT2D eigenvalue weighted by atomic mass is 9.95. The summed E-state index contributed by atoms with van der Waals surface area (Å²) in [5.41, 5.74) is 3.91. The zero-order valence-corrected chi connectivity index (χ0v) is 20.3. The molecule has 2 aromatic heterocycles. The number of aryl methyl sites for hydroxylation is 2. The number of benzene rings is 2. The number of carbonyl (C=O) groups excluding carboxylic acids is 2. The fraction of sp³-hybridized carbons (Fsp3) is 0.185. The van der Waals surface area contributed by atoms with Gasteiger partial charge in [-0.15, -0.1) is 0 Å². The summed E-state index contributed by atoms with van der Waals surface area (Å²) in [5.74, 6) is -1.15. The number of aliphatic hydroxyl groups excluding tert-OH is 1. The highest BCUT2D eigenvalue weighted by molar-refractivity contribution is 7.22. The number of thiazole rings is 1. The van der Waals surface area contributed by atoms with E-state index in [1.807, 2.05) is 45.0 Å². The van der Waals surface area contributed by atoms with Crippen molar-refractivity contribution in [2.75, 3.05) is 11.5 Å². The number of pyridine rings is 1. The number of aliphatic hydroxyl groups is 1. The van der Waals surface area contributed by atoms with Gasteiger partial charge < -0.3 is 9.84 Å². The lowest BCUT2D eigenvalue weighted by Gasteiger charge is -2.23. The highest BCUT2D eigenvalue weighted by Crippen LogP contribution is 2.45. The lowest BCUT2D eigenvalue weighted by Crippen LogP contribution is -2.29. The summed E-state index contributed by atoms with van der Waals surface area (Å²) in [6.45, 7) is 6.33. The van der Waals surface area contributed by atoms with Gasteiger partial charge in [-0.2, -0.15) is 0 Å². The average molecular weight is 486 g/mol. The van der Waals surface area contributed by atoms with Gasteiger partial charge in [0.1, 0.15) is 11.5 Å². The van der Waals surface area contributed by atoms with Gasteiger partial charge in [-0.05, 0) is 67.8 Å². The molecule has 0 bridgehead atoms. The highest BCUT2D eigenvalue weighted by atomic mass is 32.1. The summed E-state index contributed by atoms with van der Waals surface area (Å²) in [7, 11) is 0. The summed E-state index contributed by atoms with van der Waals surface area (Å²) in [6.07, 6.45) is 3.04. The smallest absolute Gasteiger partial charge is 0.301 e. The second-order valence-corrected chi connectivity index (χ2v) is 9.34. The molecule has 1 amide bonds. The number of aromatic nitrogens is 2. The molecule has 0 aliphatic carbocycles. The number of hydrogen-bond donors (Lipinski definition) is 1. The molecule has 3 heterocycles. The van der Waals surface area contributed by atoms with Crippen LogP contribution >= 0.6 is 11.3 Å². The minimum Gasteiger partial charge on any atom is -0.507 e. The second kappa shape index (κ2) is 8.96. The van der Waals surface area contributed by atoms with Crippen molar-refractivity contribution in [2.45, 2.75) is 26.8 Å². The first-order chi connectivity index (χ1) is 16.9. The van der Waals surface area contributed by atoms with E-state index in [0.717, 1.165) is 21.3 Å². The standard InChI is InChI=1S/C27H23N3O4S/c1-4-34-19-7-5-6-18(14-19)23-21(24(31)17-8-10-28-11-9-17)25(32)26(33)30(23)27-29-22-16(3)12-15(2)13-20(22)35-27/h5-14,23,31H,4H2,1-3H3/b24-21+. The fourth-order valence-corrected chi connectivity index (χ4v) is 5.58. The topological polar surface area (TPSA) is 92.6 Å². The Balaban J connectivity index is 1.74. The molecule has 2 aromatic carbocycles. The lowest BCUT2D eigenvalue weighted by molar-refractivity contribution is -0.132. The minimum absolute atomic E-state index is 0.00186. The normalized spacial score (nSPS) is 17.3. The predicted molar refractivity (Wildman–Crippen MR) is 136 cm³/mol. The first-order valence-electron chi connectivity index (χ1n) is 11.2. The molecule has 5 rings (SSSR count). The van der Waals surface area contributed by atoms with Crippen molar-refractivity contribution in [1.29, 1.82) is 0 Å². The summed E-state index contributed by atoms with van der Waals surface area (Å²) in [5, 5.41) is 11.6. The van der Waals surface area contributed by atoms with Crippen LogP contribution in [0.1, 0.15) is 35.2 Å². The van der Waals surface area contributed by atoms with E-state index in [4.69, 9.17) is 9.72 Å². The predicted octanol–water partition coefficient (Wildman–Crippen LogP) is 5.33. The van der Waals surface area contributed by atoms with Crippen molar-refractivity contribution >= 4 is 44.1 Å². The van der Waals surface area contributed by atoms with E-state index in [2.05, 4.69) is 4.98 Å².